The number of benzene rings is 1. The summed E-state index contributed by atoms with van der Waals surface area (Å²) in [6.45, 7) is 1.86. The van der Waals surface area contributed by atoms with Crippen molar-refractivity contribution in [3.8, 4) is 5.75 Å². The lowest BCUT2D eigenvalue weighted by Gasteiger charge is -2.15. The van der Waals surface area contributed by atoms with E-state index in [-0.39, 0.29) is 6.54 Å². The topological polar surface area (TPSA) is 96.4 Å². The van der Waals surface area contributed by atoms with Crippen LogP contribution in [0.3, 0.4) is 0 Å². The molecule has 1 atom stereocenters. The van der Waals surface area contributed by atoms with Crippen molar-refractivity contribution in [3.05, 3.63) is 34.8 Å². The number of aliphatic hydroxyl groups excluding tert-OH is 1. The van der Waals surface area contributed by atoms with Crippen LogP contribution < -0.4 is 15.4 Å². The Kier molecular flexibility index (Phi) is 5.07. The van der Waals surface area contributed by atoms with Crippen molar-refractivity contribution in [3.63, 3.8) is 0 Å². The van der Waals surface area contributed by atoms with Crippen LogP contribution >= 0.6 is 11.3 Å². The van der Waals surface area contributed by atoms with Crippen molar-refractivity contribution >= 4 is 22.5 Å². The molecule has 0 saturated heterocycles. The van der Waals surface area contributed by atoms with Crippen LogP contribution in [-0.2, 0) is 0 Å². The third-order valence-electron chi connectivity index (χ3n) is 2.70. The molecule has 0 fully saturated rings. The zero-order valence-corrected chi connectivity index (χ0v) is 12.5. The molecule has 2 aromatic rings. The number of amides is 2. The highest BCUT2D eigenvalue weighted by atomic mass is 32.1. The molecule has 8 heteroatoms. The molecule has 0 spiro atoms. The number of urea groups is 1. The zero-order chi connectivity index (χ0) is 15.2. The van der Waals surface area contributed by atoms with Gasteiger partial charge >= 0.3 is 6.03 Å². The van der Waals surface area contributed by atoms with E-state index in [1.54, 1.807) is 25.1 Å². The van der Waals surface area contributed by atoms with Crippen LogP contribution in [0, 0.1) is 6.92 Å². The van der Waals surface area contributed by atoms with Gasteiger partial charge in [0, 0.05) is 12.1 Å². The molecule has 0 bridgehead atoms. The fourth-order valence-electron chi connectivity index (χ4n) is 1.73. The van der Waals surface area contributed by atoms with Crippen LogP contribution in [0.1, 0.15) is 16.7 Å². The van der Waals surface area contributed by atoms with Gasteiger partial charge in [0.15, 0.2) is 0 Å². The number of para-hydroxylation sites is 1. The monoisotopic (exact) mass is 308 g/mol. The van der Waals surface area contributed by atoms with E-state index in [4.69, 9.17) is 4.74 Å². The first-order valence-corrected chi connectivity index (χ1v) is 7.07. The third kappa shape index (κ3) is 4.14. The average molecular weight is 308 g/mol. The lowest BCUT2D eigenvalue weighted by Crippen LogP contribution is -2.32. The molecule has 112 valence electrons. The number of carbonyl (C=O) groups excluding carboxylic acids is 1. The SMILES string of the molecule is COc1ccccc1[C@H](O)CNC(=O)Nc1nnc(C)s1. The minimum atomic E-state index is -0.858. The standard InChI is InChI=1S/C13H16N4O3S/c1-8-16-17-13(21-8)15-12(19)14-7-10(18)9-5-3-4-6-11(9)20-2/h3-6,10,18H,7H2,1-2H3,(H2,14,15,17,19)/t10-/m1/s1. The van der Waals surface area contributed by atoms with Gasteiger partial charge in [-0.1, -0.05) is 29.5 Å². The highest BCUT2D eigenvalue weighted by molar-refractivity contribution is 7.15. The summed E-state index contributed by atoms with van der Waals surface area (Å²) in [7, 11) is 1.53. The number of rotatable bonds is 5. The molecule has 0 radical (unpaired) electrons. The normalized spacial score (nSPS) is 11.8. The number of aromatic nitrogens is 2. The number of aliphatic hydroxyl groups is 1. The lowest BCUT2D eigenvalue weighted by molar-refractivity contribution is 0.171. The highest BCUT2D eigenvalue weighted by Gasteiger charge is 2.14. The predicted octanol–water partition coefficient (Wildman–Crippen LogP) is 1.71. The zero-order valence-electron chi connectivity index (χ0n) is 11.7. The Balaban J connectivity index is 1.88. The van der Waals surface area contributed by atoms with E-state index < -0.39 is 12.1 Å². The minimum Gasteiger partial charge on any atom is -0.496 e. The number of carbonyl (C=O) groups is 1. The Morgan fingerprint density at radius 1 is 1.43 bits per heavy atom. The molecular weight excluding hydrogens is 292 g/mol. The molecular formula is C13H16N4O3S. The van der Waals surface area contributed by atoms with Crippen LogP contribution in [0.5, 0.6) is 5.75 Å². The predicted molar refractivity (Wildman–Crippen MR) is 79.6 cm³/mol. The number of aryl methyl sites for hydroxylation is 1. The first-order valence-electron chi connectivity index (χ1n) is 6.26. The maximum atomic E-state index is 11.7. The summed E-state index contributed by atoms with van der Waals surface area (Å²) in [6, 6.07) is 6.66. The van der Waals surface area contributed by atoms with Crippen molar-refractivity contribution in [2.45, 2.75) is 13.0 Å². The van der Waals surface area contributed by atoms with Crippen molar-refractivity contribution in [2.75, 3.05) is 19.0 Å². The molecule has 2 amide bonds. The number of methoxy groups -OCH3 is 1. The second kappa shape index (κ2) is 7.00. The molecule has 0 aliphatic rings. The quantitative estimate of drug-likeness (QED) is 0.781. The largest absolute Gasteiger partial charge is 0.496 e. The minimum absolute atomic E-state index is 0.0595. The molecule has 0 unspecified atom stereocenters. The molecule has 7 nitrogen and oxygen atoms in total. The Hall–Kier alpha value is -2.19. The van der Waals surface area contributed by atoms with Gasteiger partial charge in [0.25, 0.3) is 0 Å². The Morgan fingerprint density at radius 2 is 2.19 bits per heavy atom. The molecule has 2 rings (SSSR count). The number of hydrogen-bond donors (Lipinski definition) is 3. The summed E-state index contributed by atoms with van der Waals surface area (Å²) in [4.78, 5) is 11.7. The number of nitrogens with one attached hydrogen (secondary N) is 2. The lowest BCUT2D eigenvalue weighted by atomic mass is 10.1. The van der Waals surface area contributed by atoms with Gasteiger partial charge in [-0.15, -0.1) is 10.2 Å². The smallest absolute Gasteiger partial charge is 0.321 e. The molecule has 0 aliphatic carbocycles. The summed E-state index contributed by atoms with van der Waals surface area (Å²) in [5.41, 5.74) is 0.618. The Labute approximate surface area is 126 Å². The summed E-state index contributed by atoms with van der Waals surface area (Å²) in [5, 5.41) is 24.0. The van der Waals surface area contributed by atoms with E-state index >= 15 is 0 Å². The molecule has 21 heavy (non-hydrogen) atoms. The van der Waals surface area contributed by atoms with Gasteiger partial charge in [-0.2, -0.15) is 0 Å². The number of ether oxygens (including phenoxy) is 1. The molecule has 1 aromatic carbocycles. The molecule has 3 N–H and O–H groups in total. The molecule has 1 heterocycles. The summed E-state index contributed by atoms with van der Waals surface area (Å²) >= 11 is 1.28. The van der Waals surface area contributed by atoms with E-state index in [0.717, 1.165) is 5.01 Å². The van der Waals surface area contributed by atoms with Gasteiger partial charge in [0.1, 0.15) is 10.8 Å². The number of hydrogen-bond acceptors (Lipinski definition) is 6. The van der Waals surface area contributed by atoms with Gasteiger partial charge in [0.05, 0.1) is 13.2 Å². The summed E-state index contributed by atoms with van der Waals surface area (Å²) < 4.78 is 5.17. The van der Waals surface area contributed by atoms with Crippen LogP contribution in [0.2, 0.25) is 0 Å². The highest BCUT2D eigenvalue weighted by Crippen LogP contribution is 2.24. The first kappa shape index (κ1) is 15.2. The maximum absolute atomic E-state index is 11.7. The maximum Gasteiger partial charge on any atom is 0.321 e. The Morgan fingerprint density at radius 3 is 2.86 bits per heavy atom. The fraction of sp³-hybridized carbons (Fsp3) is 0.308. The summed E-state index contributed by atoms with van der Waals surface area (Å²) in [5.74, 6) is 0.576. The van der Waals surface area contributed by atoms with Gasteiger partial charge in [-0.3, -0.25) is 5.32 Å². The van der Waals surface area contributed by atoms with Gasteiger partial charge in [0.2, 0.25) is 5.13 Å². The van der Waals surface area contributed by atoms with Gasteiger partial charge in [-0.25, -0.2) is 4.79 Å². The van der Waals surface area contributed by atoms with Gasteiger partial charge in [-0.05, 0) is 13.0 Å². The van der Waals surface area contributed by atoms with Gasteiger partial charge < -0.3 is 15.2 Å². The van der Waals surface area contributed by atoms with E-state index in [1.165, 1.54) is 18.4 Å². The summed E-state index contributed by atoms with van der Waals surface area (Å²) in [6.07, 6.45) is -0.858. The van der Waals surface area contributed by atoms with Crippen LogP contribution in [0.15, 0.2) is 24.3 Å². The molecule has 0 saturated carbocycles. The number of anilines is 1. The number of nitrogens with zero attached hydrogens (tertiary/aromatic N) is 2. The average Bonchev–Trinajstić information content (AvgIpc) is 2.89. The second-order valence-electron chi connectivity index (χ2n) is 4.22. The van der Waals surface area contributed by atoms with Crippen molar-refractivity contribution in [1.82, 2.24) is 15.5 Å². The van der Waals surface area contributed by atoms with Crippen molar-refractivity contribution < 1.29 is 14.6 Å². The van der Waals surface area contributed by atoms with E-state index in [9.17, 15) is 9.90 Å². The third-order valence-corrected chi connectivity index (χ3v) is 3.45. The van der Waals surface area contributed by atoms with E-state index in [1.807, 2.05) is 6.07 Å². The van der Waals surface area contributed by atoms with Crippen molar-refractivity contribution in [1.29, 1.82) is 0 Å². The van der Waals surface area contributed by atoms with E-state index in [0.29, 0.717) is 16.4 Å². The first-order chi connectivity index (χ1) is 10.1. The van der Waals surface area contributed by atoms with Crippen LogP contribution in [0.25, 0.3) is 0 Å². The van der Waals surface area contributed by atoms with Crippen LogP contribution in [0.4, 0.5) is 9.93 Å². The molecule has 1 aromatic heterocycles. The Bertz CT molecular complexity index is 617. The van der Waals surface area contributed by atoms with E-state index in [2.05, 4.69) is 20.8 Å². The fourth-order valence-corrected chi connectivity index (χ4v) is 2.32. The second-order valence-corrected chi connectivity index (χ2v) is 5.40. The van der Waals surface area contributed by atoms with Crippen molar-refractivity contribution in [2.24, 2.45) is 0 Å². The molecule has 0 aliphatic heterocycles. The van der Waals surface area contributed by atoms with Crippen LogP contribution in [-0.4, -0.2) is 35.0 Å².